The van der Waals surface area contributed by atoms with E-state index in [9.17, 15) is 4.79 Å². The molecule has 0 radical (unpaired) electrons. The molecule has 4 heteroatoms. The maximum Gasteiger partial charge on any atom is 0.271 e. The fraction of sp³-hybridized carbons (Fsp3) is 0.111. The Balaban J connectivity index is 3.15. The number of nitrogens with zero attached hydrogens (tertiary/aromatic N) is 1. The van der Waals surface area contributed by atoms with Gasteiger partial charge in [0.05, 0.1) is 5.56 Å². The lowest BCUT2D eigenvalue weighted by Crippen LogP contribution is -2.12. The molecule has 0 aliphatic rings. The van der Waals surface area contributed by atoms with Crippen LogP contribution < -0.4 is 5.73 Å². The van der Waals surface area contributed by atoms with E-state index >= 15 is 0 Å². The van der Waals surface area contributed by atoms with Crippen LogP contribution >= 0.6 is 0 Å². The standard InChI is InChI=1S/C9H10N2O2/c1-3-4-5-7-6(2)13-11-8(7)9(10)12/h3-5H,1H2,2H3,(H2,10,12)/b5-4-. The number of primary amides is 1. The predicted octanol–water partition coefficient (Wildman–Crippen LogP) is 1.28. The molecule has 0 unspecified atom stereocenters. The van der Waals surface area contributed by atoms with E-state index in [2.05, 4.69) is 11.7 Å². The Morgan fingerprint density at radius 1 is 1.69 bits per heavy atom. The van der Waals surface area contributed by atoms with Gasteiger partial charge in [-0.25, -0.2) is 0 Å². The summed E-state index contributed by atoms with van der Waals surface area (Å²) >= 11 is 0. The maximum atomic E-state index is 10.8. The molecule has 2 N–H and O–H groups in total. The van der Waals surface area contributed by atoms with Crippen molar-refractivity contribution in [3.8, 4) is 0 Å². The average Bonchev–Trinajstić information content (AvgIpc) is 2.43. The Bertz CT molecular complexity index is 364. The lowest BCUT2D eigenvalue weighted by atomic mass is 10.1. The predicted molar refractivity (Wildman–Crippen MR) is 49.0 cm³/mol. The molecule has 1 amide bonds. The highest BCUT2D eigenvalue weighted by atomic mass is 16.5. The van der Waals surface area contributed by atoms with E-state index in [-0.39, 0.29) is 5.69 Å². The first kappa shape index (κ1) is 9.25. The molecular weight excluding hydrogens is 168 g/mol. The third kappa shape index (κ3) is 1.84. The minimum absolute atomic E-state index is 0.149. The number of amides is 1. The van der Waals surface area contributed by atoms with E-state index < -0.39 is 5.91 Å². The zero-order valence-electron chi connectivity index (χ0n) is 7.28. The van der Waals surface area contributed by atoms with E-state index in [4.69, 9.17) is 10.3 Å². The van der Waals surface area contributed by atoms with Crippen molar-refractivity contribution in [2.75, 3.05) is 0 Å². The van der Waals surface area contributed by atoms with Gasteiger partial charge >= 0.3 is 0 Å². The van der Waals surface area contributed by atoms with Gasteiger partial charge < -0.3 is 10.3 Å². The second-order valence-corrected chi connectivity index (χ2v) is 2.46. The van der Waals surface area contributed by atoms with Crippen molar-refractivity contribution in [3.05, 3.63) is 35.7 Å². The number of carbonyl (C=O) groups excluding carboxylic acids is 1. The van der Waals surface area contributed by atoms with Gasteiger partial charge in [-0.05, 0) is 13.0 Å². The molecule has 0 atom stereocenters. The van der Waals surface area contributed by atoms with Crippen LogP contribution in [0.5, 0.6) is 0 Å². The molecule has 0 saturated heterocycles. The van der Waals surface area contributed by atoms with Gasteiger partial charge in [0, 0.05) is 0 Å². The van der Waals surface area contributed by atoms with E-state index in [1.165, 1.54) is 0 Å². The summed E-state index contributed by atoms with van der Waals surface area (Å²) in [6, 6.07) is 0. The average molecular weight is 178 g/mol. The molecule has 1 aromatic heterocycles. The lowest BCUT2D eigenvalue weighted by Gasteiger charge is -1.89. The summed E-state index contributed by atoms with van der Waals surface area (Å²) in [6.45, 7) is 5.22. The van der Waals surface area contributed by atoms with Crippen molar-refractivity contribution in [1.82, 2.24) is 5.16 Å². The molecular formula is C9H10N2O2. The van der Waals surface area contributed by atoms with Gasteiger partial charge in [-0.15, -0.1) is 0 Å². The van der Waals surface area contributed by atoms with E-state index in [0.717, 1.165) is 0 Å². The molecule has 1 aromatic rings. The van der Waals surface area contributed by atoms with Gasteiger partial charge in [-0.3, -0.25) is 4.79 Å². The number of hydrogen-bond donors (Lipinski definition) is 1. The number of hydrogen-bond acceptors (Lipinski definition) is 3. The van der Waals surface area contributed by atoms with Gasteiger partial charge in [0.25, 0.3) is 5.91 Å². The third-order valence-electron chi connectivity index (χ3n) is 1.54. The quantitative estimate of drug-likeness (QED) is 0.709. The Kier molecular flexibility index (Phi) is 2.64. The van der Waals surface area contributed by atoms with Crippen LogP contribution in [0.1, 0.15) is 21.8 Å². The molecule has 0 aliphatic carbocycles. The van der Waals surface area contributed by atoms with Gasteiger partial charge in [0.15, 0.2) is 5.69 Å². The number of nitrogens with two attached hydrogens (primary N) is 1. The molecule has 0 aliphatic heterocycles. The fourth-order valence-electron chi connectivity index (χ4n) is 0.917. The topological polar surface area (TPSA) is 69.1 Å². The van der Waals surface area contributed by atoms with Crippen LogP contribution in [0.4, 0.5) is 0 Å². The zero-order valence-corrected chi connectivity index (χ0v) is 7.28. The van der Waals surface area contributed by atoms with E-state index in [1.54, 1.807) is 25.2 Å². The van der Waals surface area contributed by atoms with Gasteiger partial charge in [0.2, 0.25) is 0 Å². The minimum atomic E-state index is -0.597. The number of rotatable bonds is 3. The monoisotopic (exact) mass is 178 g/mol. The molecule has 0 saturated carbocycles. The Morgan fingerprint density at radius 3 is 2.92 bits per heavy atom. The molecule has 4 nitrogen and oxygen atoms in total. The molecule has 0 fully saturated rings. The Morgan fingerprint density at radius 2 is 2.38 bits per heavy atom. The van der Waals surface area contributed by atoms with Crippen molar-refractivity contribution in [1.29, 1.82) is 0 Å². The maximum absolute atomic E-state index is 10.8. The number of aromatic nitrogens is 1. The largest absolute Gasteiger partial charge is 0.364 e. The third-order valence-corrected chi connectivity index (χ3v) is 1.54. The molecule has 68 valence electrons. The van der Waals surface area contributed by atoms with Gasteiger partial charge in [-0.1, -0.05) is 23.9 Å². The first-order valence-electron chi connectivity index (χ1n) is 3.72. The van der Waals surface area contributed by atoms with Crippen molar-refractivity contribution >= 4 is 12.0 Å². The van der Waals surface area contributed by atoms with E-state index in [1.807, 2.05) is 0 Å². The van der Waals surface area contributed by atoms with Crippen molar-refractivity contribution in [2.45, 2.75) is 6.92 Å². The summed E-state index contributed by atoms with van der Waals surface area (Å²) in [5.74, 6) is -0.0348. The van der Waals surface area contributed by atoms with Crippen LogP contribution in [0.3, 0.4) is 0 Å². The van der Waals surface area contributed by atoms with Crippen LogP contribution in [0.25, 0.3) is 6.08 Å². The number of carbonyl (C=O) groups is 1. The molecule has 13 heavy (non-hydrogen) atoms. The lowest BCUT2D eigenvalue weighted by molar-refractivity contribution is 0.0991. The summed E-state index contributed by atoms with van der Waals surface area (Å²) in [5, 5.41) is 3.53. The van der Waals surface area contributed by atoms with Crippen LogP contribution in [0.2, 0.25) is 0 Å². The minimum Gasteiger partial charge on any atom is -0.364 e. The molecule has 0 bridgehead atoms. The zero-order chi connectivity index (χ0) is 9.84. The van der Waals surface area contributed by atoms with Crippen molar-refractivity contribution < 1.29 is 9.32 Å². The van der Waals surface area contributed by atoms with Crippen LogP contribution in [-0.2, 0) is 0 Å². The summed E-state index contributed by atoms with van der Waals surface area (Å²) < 4.78 is 4.82. The molecule has 1 rings (SSSR count). The van der Waals surface area contributed by atoms with Gasteiger partial charge in [-0.2, -0.15) is 0 Å². The summed E-state index contributed by atoms with van der Waals surface area (Å²) in [5.41, 5.74) is 5.83. The van der Waals surface area contributed by atoms with Crippen LogP contribution in [0, 0.1) is 6.92 Å². The molecule has 1 heterocycles. The number of aryl methyl sites for hydroxylation is 1. The Hall–Kier alpha value is -1.84. The first-order chi connectivity index (χ1) is 6.16. The SMILES string of the molecule is C=C/C=C\c1c(C(N)=O)noc1C. The summed E-state index contributed by atoms with van der Waals surface area (Å²) in [4.78, 5) is 10.8. The highest BCUT2D eigenvalue weighted by Gasteiger charge is 2.14. The highest BCUT2D eigenvalue weighted by molar-refractivity contribution is 5.94. The van der Waals surface area contributed by atoms with Crippen molar-refractivity contribution in [2.24, 2.45) is 5.73 Å². The summed E-state index contributed by atoms with van der Waals surface area (Å²) in [7, 11) is 0. The second-order valence-electron chi connectivity index (χ2n) is 2.46. The second kappa shape index (κ2) is 3.71. The Labute approximate surface area is 75.7 Å². The van der Waals surface area contributed by atoms with E-state index in [0.29, 0.717) is 11.3 Å². The molecule has 0 aromatic carbocycles. The van der Waals surface area contributed by atoms with Crippen LogP contribution in [0.15, 0.2) is 23.3 Å². The van der Waals surface area contributed by atoms with Crippen molar-refractivity contribution in [3.63, 3.8) is 0 Å². The fourth-order valence-corrected chi connectivity index (χ4v) is 0.917. The smallest absolute Gasteiger partial charge is 0.271 e. The number of allylic oxidation sites excluding steroid dienone is 2. The molecule has 0 spiro atoms. The summed E-state index contributed by atoms with van der Waals surface area (Å²) in [6.07, 6.45) is 4.96. The van der Waals surface area contributed by atoms with Gasteiger partial charge in [0.1, 0.15) is 5.76 Å². The highest BCUT2D eigenvalue weighted by Crippen LogP contribution is 2.14. The van der Waals surface area contributed by atoms with Crippen LogP contribution in [-0.4, -0.2) is 11.1 Å². The first-order valence-corrected chi connectivity index (χ1v) is 3.72. The normalized spacial score (nSPS) is 10.5.